The highest BCUT2D eigenvalue weighted by molar-refractivity contribution is 5.82. The van der Waals surface area contributed by atoms with Crippen LogP contribution in [0.25, 0.3) is 10.9 Å². The molecule has 116 valence electrons. The van der Waals surface area contributed by atoms with Crippen molar-refractivity contribution in [1.29, 1.82) is 0 Å². The molecule has 0 unspecified atom stereocenters. The molecule has 2 amide bonds. The molecule has 0 atom stereocenters. The summed E-state index contributed by atoms with van der Waals surface area (Å²) in [5, 5.41) is 16.4. The Balaban J connectivity index is 1.56. The Bertz CT molecular complexity index is 646. The van der Waals surface area contributed by atoms with Crippen LogP contribution in [0.1, 0.15) is 31.2 Å². The second-order valence-corrected chi connectivity index (χ2v) is 5.82. The van der Waals surface area contributed by atoms with Gasteiger partial charge in [-0.2, -0.15) is 0 Å². The number of carbonyl (C=O) groups excluding carboxylic acids is 1. The summed E-state index contributed by atoms with van der Waals surface area (Å²) in [7, 11) is 0. The minimum atomic E-state index is -0.204. The van der Waals surface area contributed by atoms with Gasteiger partial charge < -0.3 is 15.7 Å². The molecule has 1 aliphatic carbocycles. The van der Waals surface area contributed by atoms with Crippen molar-refractivity contribution in [3.8, 4) is 0 Å². The molecule has 3 N–H and O–H groups in total. The molecular formula is C17H21N3O2. The lowest BCUT2D eigenvalue weighted by Crippen LogP contribution is -2.43. The number of hydrogen-bond acceptors (Lipinski definition) is 3. The van der Waals surface area contributed by atoms with Crippen LogP contribution in [0.3, 0.4) is 0 Å². The molecule has 1 heterocycles. The first kappa shape index (κ1) is 14.8. The standard InChI is InChI=1S/C17H21N3O2/c21-14-7-5-13(6-8-14)20-17(22)19-11-12-9-10-18-16-4-2-1-3-15(12)16/h1-4,9-10,13-14,21H,5-8,11H2,(H2,19,20,22). The minimum absolute atomic E-state index is 0.151. The topological polar surface area (TPSA) is 74.2 Å². The molecule has 1 fully saturated rings. The Morgan fingerprint density at radius 2 is 1.95 bits per heavy atom. The first-order valence-corrected chi connectivity index (χ1v) is 7.77. The maximum absolute atomic E-state index is 12.0. The number of aliphatic hydroxyl groups excluding tert-OH is 1. The van der Waals surface area contributed by atoms with Crippen LogP contribution in [-0.2, 0) is 6.54 Å². The number of aliphatic hydroxyl groups is 1. The van der Waals surface area contributed by atoms with Crippen LogP contribution in [0.15, 0.2) is 36.5 Å². The van der Waals surface area contributed by atoms with Gasteiger partial charge in [-0.15, -0.1) is 0 Å². The van der Waals surface area contributed by atoms with Gasteiger partial charge in [-0.25, -0.2) is 4.79 Å². The monoisotopic (exact) mass is 299 g/mol. The molecule has 22 heavy (non-hydrogen) atoms. The molecule has 0 aliphatic heterocycles. The molecule has 5 nitrogen and oxygen atoms in total. The number of urea groups is 1. The molecule has 2 aromatic rings. The number of amides is 2. The number of hydrogen-bond donors (Lipinski definition) is 3. The predicted molar refractivity (Wildman–Crippen MR) is 85.4 cm³/mol. The van der Waals surface area contributed by atoms with E-state index in [1.807, 2.05) is 30.3 Å². The Morgan fingerprint density at radius 1 is 1.18 bits per heavy atom. The number of nitrogens with zero attached hydrogens (tertiary/aromatic N) is 1. The number of aromatic nitrogens is 1. The van der Waals surface area contributed by atoms with Crippen molar-refractivity contribution in [2.75, 3.05) is 0 Å². The molecule has 0 spiro atoms. The van der Waals surface area contributed by atoms with Gasteiger partial charge in [0.05, 0.1) is 11.6 Å². The molecule has 0 radical (unpaired) electrons. The normalized spacial score (nSPS) is 21.5. The lowest BCUT2D eigenvalue weighted by atomic mass is 9.93. The van der Waals surface area contributed by atoms with Gasteiger partial charge in [-0.3, -0.25) is 4.98 Å². The number of para-hydroxylation sites is 1. The van der Waals surface area contributed by atoms with E-state index in [4.69, 9.17) is 0 Å². The van der Waals surface area contributed by atoms with Crippen LogP contribution in [-0.4, -0.2) is 28.3 Å². The summed E-state index contributed by atoms with van der Waals surface area (Å²) in [6, 6.07) is 9.85. The predicted octanol–water partition coefficient (Wildman–Crippen LogP) is 2.34. The summed E-state index contributed by atoms with van der Waals surface area (Å²) in [6.07, 6.45) is 4.77. The van der Waals surface area contributed by atoms with Crippen molar-refractivity contribution in [2.45, 2.75) is 44.4 Å². The van der Waals surface area contributed by atoms with Crippen molar-refractivity contribution >= 4 is 16.9 Å². The van der Waals surface area contributed by atoms with E-state index in [0.29, 0.717) is 6.54 Å². The second-order valence-electron chi connectivity index (χ2n) is 5.82. The zero-order valence-corrected chi connectivity index (χ0v) is 12.5. The fraction of sp³-hybridized carbons (Fsp3) is 0.412. The second kappa shape index (κ2) is 6.75. The van der Waals surface area contributed by atoms with Crippen LogP contribution in [0.5, 0.6) is 0 Å². The summed E-state index contributed by atoms with van der Waals surface area (Å²) < 4.78 is 0. The third kappa shape index (κ3) is 3.54. The average Bonchev–Trinajstić information content (AvgIpc) is 2.55. The maximum atomic E-state index is 12.0. The third-order valence-corrected chi connectivity index (χ3v) is 4.21. The number of benzene rings is 1. The lowest BCUT2D eigenvalue weighted by molar-refractivity contribution is 0.117. The average molecular weight is 299 g/mol. The quantitative estimate of drug-likeness (QED) is 0.814. The number of nitrogens with one attached hydrogen (secondary N) is 2. The van der Waals surface area contributed by atoms with Gasteiger partial charge in [-0.05, 0) is 43.4 Å². The molecule has 1 saturated carbocycles. The highest BCUT2D eigenvalue weighted by Gasteiger charge is 2.20. The van der Waals surface area contributed by atoms with E-state index < -0.39 is 0 Å². The van der Waals surface area contributed by atoms with Gasteiger partial charge in [0.15, 0.2) is 0 Å². The molecule has 1 aromatic carbocycles. The number of carbonyl (C=O) groups is 1. The molecular weight excluding hydrogens is 278 g/mol. The van der Waals surface area contributed by atoms with Crippen LogP contribution in [0.4, 0.5) is 4.79 Å². The fourth-order valence-electron chi connectivity index (χ4n) is 2.94. The van der Waals surface area contributed by atoms with Gasteiger partial charge in [0, 0.05) is 24.2 Å². The van der Waals surface area contributed by atoms with Gasteiger partial charge >= 0.3 is 6.03 Å². The summed E-state index contributed by atoms with van der Waals surface area (Å²) in [4.78, 5) is 16.3. The molecule has 0 saturated heterocycles. The number of fused-ring (bicyclic) bond motifs is 1. The van der Waals surface area contributed by atoms with Crippen LogP contribution >= 0.6 is 0 Å². The molecule has 0 bridgehead atoms. The van der Waals surface area contributed by atoms with Crippen molar-refractivity contribution < 1.29 is 9.90 Å². The molecule has 5 heteroatoms. The van der Waals surface area contributed by atoms with E-state index in [1.54, 1.807) is 6.20 Å². The Hall–Kier alpha value is -2.14. The zero-order chi connectivity index (χ0) is 15.4. The molecule has 1 aliphatic rings. The highest BCUT2D eigenvalue weighted by atomic mass is 16.3. The van der Waals surface area contributed by atoms with Gasteiger partial charge in [0.25, 0.3) is 0 Å². The fourth-order valence-corrected chi connectivity index (χ4v) is 2.94. The smallest absolute Gasteiger partial charge is 0.315 e. The Kier molecular flexibility index (Phi) is 4.53. The summed E-state index contributed by atoms with van der Waals surface area (Å²) in [5.74, 6) is 0. The third-order valence-electron chi connectivity index (χ3n) is 4.21. The minimum Gasteiger partial charge on any atom is -0.393 e. The van der Waals surface area contributed by atoms with Gasteiger partial charge in [0.2, 0.25) is 0 Å². The maximum Gasteiger partial charge on any atom is 0.315 e. The summed E-state index contributed by atoms with van der Waals surface area (Å²) in [6.45, 7) is 0.476. The summed E-state index contributed by atoms with van der Waals surface area (Å²) in [5.41, 5.74) is 1.99. The van der Waals surface area contributed by atoms with Gasteiger partial charge in [-0.1, -0.05) is 18.2 Å². The number of pyridine rings is 1. The largest absolute Gasteiger partial charge is 0.393 e. The van der Waals surface area contributed by atoms with E-state index in [2.05, 4.69) is 15.6 Å². The van der Waals surface area contributed by atoms with Crippen LogP contribution < -0.4 is 10.6 Å². The van der Waals surface area contributed by atoms with Crippen molar-refractivity contribution in [3.05, 3.63) is 42.1 Å². The van der Waals surface area contributed by atoms with Crippen molar-refractivity contribution in [2.24, 2.45) is 0 Å². The van der Waals surface area contributed by atoms with Crippen LogP contribution in [0, 0.1) is 0 Å². The highest BCUT2D eigenvalue weighted by Crippen LogP contribution is 2.18. The first-order valence-electron chi connectivity index (χ1n) is 7.77. The van der Waals surface area contributed by atoms with E-state index in [0.717, 1.165) is 42.1 Å². The number of rotatable bonds is 3. The Morgan fingerprint density at radius 3 is 2.77 bits per heavy atom. The van der Waals surface area contributed by atoms with E-state index in [-0.39, 0.29) is 18.2 Å². The van der Waals surface area contributed by atoms with Crippen molar-refractivity contribution in [3.63, 3.8) is 0 Å². The SMILES string of the molecule is O=C(NCc1ccnc2ccccc12)NC1CCC(O)CC1. The van der Waals surface area contributed by atoms with Crippen LogP contribution in [0.2, 0.25) is 0 Å². The lowest BCUT2D eigenvalue weighted by Gasteiger charge is -2.26. The molecule has 1 aromatic heterocycles. The van der Waals surface area contributed by atoms with Crippen molar-refractivity contribution in [1.82, 2.24) is 15.6 Å². The van der Waals surface area contributed by atoms with E-state index in [1.165, 1.54) is 0 Å². The van der Waals surface area contributed by atoms with Gasteiger partial charge in [0.1, 0.15) is 0 Å². The summed E-state index contributed by atoms with van der Waals surface area (Å²) >= 11 is 0. The van der Waals surface area contributed by atoms with E-state index >= 15 is 0 Å². The first-order chi connectivity index (χ1) is 10.7. The Labute approximate surface area is 129 Å². The molecule has 3 rings (SSSR count). The zero-order valence-electron chi connectivity index (χ0n) is 12.5. The van der Waals surface area contributed by atoms with E-state index in [9.17, 15) is 9.90 Å².